The van der Waals surface area contributed by atoms with Crippen molar-refractivity contribution in [2.75, 3.05) is 24.5 Å². The van der Waals surface area contributed by atoms with Gasteiger partial charge in [0.05, 0.1) is 24.0 Å². The van der Waals surface area contributed by atoms with Crippen LogP contribution in [-0.2, 0) is 4.79 Å². The summed E-state index contributed by atoms with van der Waals surface area (Å²) in [4.78, 5) is 32.8. The van der Waals surface area contributed by atoms with E-state index in [1.807, 2.05) is 0 Å². The maximum atomic E-state index is 13.3. The van der Waals surface area contributed by atoms with E-state index < -0.39 is 0 Å². The van der Waals surface area contributed by atoms with Gasteiger partial charge in [-0.3, -0.25) is 19.6 Å². The molecule has 1 aromatic carbocycles. The summed E-state index contributed by atoms with van der Waals surface area (Å²) < 4.78 is 14.9. The second kappa shape index (κ2) is 5.90. The lowest BCUT2D eigenvalue weighted by molar-refractivity contribution is -0.119. The van der Waals surface area contributed by atoms with E-state index in [0.717, 1.165) is 12.8 Å². The van der Waals surface area contributed by atoms with E-state index in [1.54, 1.807) is 27.9 Å². The zero-order valence-corrected chi connectivity index (χ0v) is 14.4. The lowest BCUT2D eigenvalue weighted by atomic mass is 10.2. The Morgan fingerprint density at radius 2 is 2.04 bits per heavy atom. The lowest BCUT2D eigenvalue weighted by Crippen LogP contribution is -2.53. The molecule has 2 aliphatic heterocycles. The van der Waals surface area contributed by atoms with E-state index in [9.17, 15) is 14.0 Å². The van der Waals surface area contributed by atoms with Crippen LogP contribution in [0.4, 0.5) is 15.0 Å². The molecule has 0 unspecified atom stereocenters. The highest BCUT2D eigenvalue weighted by molar-refractivity contribution is 6.20. The van der Waals surface area contributed by atoms with Crippen molar-refractivity contribution in [3.8, 4) is 5.69 Å². The van der Waals surface area contributed by atoms with E-state index in [-0.39, 0.29) is 30.3 Å². The van der Waals surface area contributed by atoms with Gasteiger partial charge in [0, 0.05) is 12.6 Å². The Balaban J connectivity index is 1.58. The summed E-state index contributed by atoms with van der Waals surface area (Å²) in [5.74, 6) is 0.489. The number of amidine groups is 1. The average molecular weight is 368 g/mol. The van der Waals surface area contributed by atoms with Crippen LogP contribution in [0.5, 0.6) is 0 Å². The highest BCUT2D eigenvalue weighted by Crippen LogP contribution is 2.33. The van der Waals surface area contributed by atoms with Gasteiger partial charge in [0.25, 0.3) is 0 Å². The topological polar surface area (TPSA) is 82.8 Å². The van der Waals surface area contributed by atoms with Crippen molar-refractivity contribution < 1.29 is 14.0 Å². The average Bonchev–Trinajstić information content (AvgIpc) is 3.16. The van der Waals surface area contributed by atoms with Gasteiger partial charge in [0.15, 0.2) is 5.82 Å². The fraction of sp³-hybridized carbons (Fsp3) is 0.333. The lowest BCUT2D eigenvalue weighted by Gasteiger charge is -2.33. The van der Waals surface area contributed by atoms with Crippen LogP contribution in [0.3, 0.4) is 0 Å². The van der Waals surface area contributed by atoms with Gasteiger partial charge in [0.1, 0.15) is 18.2 Å². The van der Waals surface area contributed by atoms with Crippen molar-refractivity contribution in [2.24, 2.45) is 4.99 Å². The monoisotopic (exact) mass is 368 g/mol. The predicted molar refractivity (Wildman–Crippen MR) is 95.5 cm³/mol. The summed E-state index contributed by atoms with van der Waals surface area (Å²) in [5.41, 5.74) is 1.29. The molecule has 1 aromatic heterocycles. The number of amides is 3. The summed E-state index contributed by atoms with van der Waals surface area (Å²) in [7, 11) is 0. The fourth-order valence-corrected chi connectivity index (χ4v) is 3.42. The third-order valence-corrected chi connectivity index (χ3v) is 4.86. The maximum absolute atomic E-state index is 13.3. The van der Waals surface area contributed by atoms with Gasteiger partial charge in [-0.2, -0.15) is 5.10 Å². The van der Waals surface area contributed by atoms with Gasteiger partial charge < -0.3 is 5.32 Å². The number of hydrogen-bond donors (Lipinski definition) is 1. The molecule has 1 fully saturated rings. The Hall–Kier alpha value is -3.23. The van der Waals surface area contributed by atoms with Gasteiger partial charge >= 0.3 is 6.03 Å². The molecule has 8 nitrogen and oxygen atoms in total. The third kappa shape index (κ3) is 2.66. The van der Waals surface area contributed by atoms with Crippen LogP contribution >= 0.6 is 0 Å². The molecular formula is C18H17FN6O2. The smallest absolute Gasteiger partial charge is 0.331 e. The first-order valence-corrected chi connectivity index (χ1v) is 8.89. The molecule has 0 bridgehead atoms. The van der Waals surface area contributed by atoms with Crippen molar-refractivity contribution >= 4 is 23.6 Å². The number of aromatic nitrogens is 2. The number of carbonyl (C=O) groups is 2. The van der Waals surface area contributed by atoms with Crippen molar-refractivity contribution in [2.45, 2.75) is 18.9 Å². The molecule has 3 amide bonds. The minimum atomic E-state index is -0.358. The Morgan fingerprint density at radius 3 is 2.78 bits per heavy atom. The Morgan fingerprint density at radius 1 is 1.26 bits per heavy atom. The minimum Gasteiger partial charge on any atom is -0.352 e. The first-order chi connectivity index (χ1) is 13.1. The van der Waals surface area contributed by atoms with Crippen molar-refractivity contribution in [3.63, 3.8) is 0 Å². The Bertz CT molecular complexity index is 963. The normalized spacial score (nSPS) is 18.3. The first kappa shape index (κ1) is 16.0. The highest BCUT2D eigenvalue weighted by atomic mass is 19.1. The van der Waals surface area contributed by atoms with Crippen molar-refractivity contribution in [3.05, 3.63) is 41.8 Å². The number of hydrogen-bond acceptors (Lipinski definition) is 4. The van der Waals surface area contributed by atoms with Crippen LogP contribution in [0.2, 0.25) is 0 Å². The molecule has 0 radical (unpaired) electrons. The molecule has 138 valence electrons. The predicted octanol–water partition coefficient (Wildman–Crippen LogP) is 1.29. The highest BCUT2D eigenvalue weighted by Gasteiger charge is 2.41. The minimum absolute atomic E-state index is 0.0982. The van der Waals surface area contributed by atoms with Gasteiger partial charge in [-0.1, -0.05) is 0 Å². The number of carbonyl (C=O) groups excluding carboxylic acids is 2. The van der Waals surface area contributed by atoms with Crippen molar-refractivity contribution in [1.29, 1.82) is 0 Å². The quantitative estimate of drug-likeness (QED) is 0.883. The fourth-order valence-electron chi connectivity index (χ4n) is 3.42. The van der Waals surface area contributed by atoms with Gasteiger partial charge in [-0.15, -0.1) is 0 Å². The molecule has 1 N–H and O–H groups in total. The molecule has 1 saturated carbocycles. The summed E-state index contributed by atoms with van der Waals surface area (Å²) in [6.07, 6.45) is 3.58. The molecule has 0 spiro atoms. The van der Waals surface area contributed by atoms with Crippen molar-refractivity contribution in [1.82, 2.24) is 20.0 Å². The molecule has 0 saturated heterocycles. The Labute approximate surface area is 154 Å². The molecule has 3 aliphatic rings. The number of anilines is 1. The van der Waals surface area contributed by atoms with Gasteiger partial charge in [0.2, 0.25) is 5.91 Å². The number of rotatable bonds is 4. The first-order valence-electron chi connectivity index (χ1n) is 8.89. The summed E-state index contributed by atoms with van der Waals surface area (Å²) in [6.45, 7) is 0.902. The van der Waals surface area contributed by atoms with Crippen LogP contribution in [0.25, 0.3) is 5.69 Å². The molecule has 5 rings (SSSR count). The largest absolute Gasteiger partial charge is 0.352 e. The zero-order valence-electron chi connectivity index (χ0n) is 14.4. The number of benzene rings is 1. The van der Waals surface area contributed by atoms with Crippen LogP contribution in [-0.4, -0.2) is 58.1 Å². The number of aliphatic imine (C=N–C) groups is 1. The van der Waals surface area contributed by atoms with E-state index in [0.29, 0.717) is 36.0 Å². The standard InChI is InChI=1S/C18H17FN6O2/c19-11-1-5-13(6-2-11)25-17-14(9-21-25)16-20-7-8-23(16)18(27)24(17)10-15(26)22-12-3-4-12/h1-2,5-6,9,12H,3-4,7-8,10H2,(H,22,26). The second-order valence-electron chi connectivity index (χ2n) is 6.84. The number of fused-ring (bicyclic) bond motifs is 3. The van der Waals surface area contributed by atoms with E-state index in [2.05, 4.69) is 15.4 Å². The SMILES string of the molecule is O=C(CN1C(=O)N2CCN=C2c2cnn(-c3ccc(F)cc3)c21)NC1CC1. The van der Waals surface area contributed by atoms with Crippen LogP contribution < -0.4 is 10.2 Å². The number of nitrogens with one attached hydrogen (secondary N) is 1. The molecule has 1 aliphatic carbocycles. The molecule has 9 heteroatoms. The molecular weight excluding hydrogens is 351 g/mol. The van der Waals surface area contributed by atoms with E-state index in [4.69, 9.17) is 0 Å². The van der Waals surface area contributed by atoms with Gasteiger partial charge in [-0.05, 0) is 37.1 Å². The van der Waals surface area contributed by atoms with Gasteiger partial charge in [-0.25, -0.2) is 13.9 Å². The molecule has 27 heavy (non-hydrogen) atoms. The molecule has 0 atom stereocenters. The number of halogens is 1. The maximum Gasteiger partial charge on any atom is 0.331 e. The summed E-state index contributed by atoms with van der Waals surface area (Å²) >= 11 is 0. The molecule has 3 heterocycles. The zero-order chi connectivity index (χ0) is 18.5. The second-order valence-corrected chi connectivity index (χ2v) is 6.84. The van der Waals surface area contributed by atoms with Crippen LogP contribution in [0, 0.1) is 5.82 Å². The van der Waals surface area contributed by atoms with E-state index in [1.165, 1.54) is 17.0 Å². The number of urea groups is 1. The van der Waals surface area contributed by atoms with Crippen LogP contribution in [0.15, 0.2) is 35.5 Å². The third-order valence-electron chi connectivity index (χ3n) is 4.86. The summed E-state index contributed by atoms with van der Waals surface area (Å²) in [6, 6.07) is 5.74. The molecule has 2 aromatic rings. The van der Waals surface area contributed by atoms with E-state index >= 15 is 0 Å². The van der Waals surface area contributed by atoms with Crippen LogP contribution in [0.1, 0.15) is 18.4 Å². The summed E-state index contributed by atoms with van der Waals surface area (Å²) in [5, 5.41) is 7.29. The number of nitrogens with zero attached hydrogens (tertiary/aromatic N) is 5. The Kier molecular flexibility index (Phi) is 3.49.